The van der Waals surface area contributed by atoms with Crippen LogP contribution in [0.25, 0.3) is 11.3 Å². The van der Waals surface area contributed by atoms with Gasteiger partial charge in [-0.3, -0.25) is 9.59 Å². The number of aromatic nitrogens is 2. The molecule has 0 saturated carbocycles. The molecule has 2 amide bonds. The number of primary amides is 1. The van der Waals surface area contributed by atoms with E-state index in [-0.39, 0.29) is 17.3 Å². The van der Waals surface area contributed by atoms with Gasteiger partial charge in [-0.15, -0.1) is 0 Å². The van der Waals surface area contributed by atoms with Crippen molar-refractivity contribution in [3.63, 3.8) is 0 Å². The lowest BCUT2D eigenvalue weighted by Gasteiger charge is -2.20. The van der Waals surface area contributed by atoms with Crippen molar-refractivity contribution in [2.45, 2.75) is 39.8 Å². The van der Waals surface area contributed by atoms with Gasteiger partial charge in [-0.05, 0) is 44.9 Å². The van der Waals surface area contributed by atoms with Gasteiger partial charge < -0.3 is 16.8 Å². The number of carbonyl (C=O) groups is 2. The molecule has 3 aromatic rings. The first-order chi connectivity index (χ1) is 14.1. The third-order valence-corrected chi connectivity index (χ3v) is 4.87. The van der Waals surface area contributed by atoms with E-state index in [1.807, 2.05) is 70.2 Å². The average molecular weight is 406 g/mol. The molecular formula is C23H27N5O2. The van der Waals surface area contributed by atoms with Crippen molar-refractivity contribution in [2.75, 3.05) is 5.73 Å². The van der Waals surface area contributed by atoms with Crippen LogP contribution in [0, 0.1) is 6.92 Å². The van der Waals surface area contributed by atoms with Gasteiger partial charge in [0.1, 0.15) is 17.1 Å². The summed E-state index contributed by atoms with van der Waals surface area (Å²) in [6, 6.07) is 14.9. The van der Waals surface area contributed by atoms with Gasteiger partial charge in [-0.25, -0.2) is 4.68 Å². The number of hydrogen-bond acceptors (Lipinski definition) is 4. The Labute approximate surface area is 176 Å². The third-order valence-electron chi connectivity index (χ3n) is 4.87. The highest BCUT2D eigenvalue weighted by atomic mass is 16.2. The fourth-order valence-electron chi connectivity index (χ4n) is 3.27. The molecule has 0 spiro atoms. The Bertz CT molecular complexity index is 1090. The molecular weight excluding hydrogens is 378 g/mol. The summed E-state index contributed by atoms with van der Waals surface area (Å²) in [5, 5.41) is 7.47. The van der Waals surface area contributed by atoms with E-state index in [0.29, 0.717) is 17.8 Å². The number of rotatable bonds is 5. The number of nitrogens with two attached hydrogens (primary N) is 2. The number of amides is 2. The Morgan fingerprint density at radius 2 is 1.70 bits per heavy atom. The van der Waals surface area contributed by atoms with Gasteiger partial charge >= 0.3 is 0 Å². The summed E-state index contributed by atoms with van der Waals surface area (Å²) in [7, 11) is 0. The summed E-state index contributed by atoms with van der Waals surface area (Å²) in [5.74, 6) is -0.489. The number of nitrogens with one attached hydrogen (secondary N) is 1. The van der Waals surface area contributed by atoms with Gasteiger partial charge in [-0.1, -0.05) is 42.5 Å². The Morgan fingerprint density at radius 3 is 2.27 bits per heavy atom. The fraction of sp³-hybridized carbons (Fsp3) is 0.261. The monoisotopic (exact) mass is 405 g/mol. The molecule has 0 atom stereocenters. The van der Waals surface area contributed by atoms with Crippen molar-refractivity contribution in [3.8, 4) is 11.3 Å². The quantitative estimate of drug-likeness (QED) is 0.604. The lowest BCUT2D eigenvalue weighted by Crippen LogP contribution is -2.25. The molecule has 156 valence electrons. The lowest BCUT2D eigenvalue weighted by atomic mass is 10.0. The van der Waals surface area contributed by atoms with E-state index in [2.05, 4.69) is 10.4 Å². The zero-order chi connectivity index (χ0) is 22.1. The first-order valence-electron chi connectivity index (χ1n) is 9.71. The van der Waals surface area contributed by atoms with Crippen LogP contribution >= 0.6 is 0 Å². The lowest BCUT2D eigenvalue weighted by molar-refractivity contribution is 0.0949. The number of anilines is 1. The maximum absolute atomic E-state index is 12.4. The van der Waals surface area contributed by atoms with E-state index in [1.54, 1.807) is 10.7 Å². The van der Waals surface area contributed by atoms with Crippen molar-refractivity contribution < 1.29 is 9.59 Å². The van der Waals surface area contributed by atoms with Crippen LogP contribution in [-0.4, -0.2) is 21.6 Å². The minimum atomic E-state index is -0.618. The highest BCUT2D eigenvalue weighted by Gasteiger charge is 2.26. The van der Waals surface area contributed by atoms with E-state index >= 15 is 0 Å². The van der Waals surface area contributed by atoms with Crippen LogP contribution < -0.4 is 16.8 Å². The number of nitrogen functional groups attached to an aromatic ring is 1. The largest absolute Gasteiger partial charge is 0.383 e. The third kappa shape index (κ3) is 4.20. The molecule has 0 aliphatic heterocycles. The summed E-state index contributed by atoms with van der Waals surface area (Å²) in [6.45, 7) is 8.14. The number of benzene rings is 2. The minimum absolute atomic E-state index is 0.120. The zero-order valence-electron chi connectivity index (χ0n) is 17.7. The summed E-state index contributed by atoms with van der Waals surface area (Å²) >= 11 is 0. The van der Waals surface area contributed by atoms with Crippen LogP contribution in [0.15, 0.2) is 48.5 Å². The van der Waals surface area contributed by atoms with E-state index in [0.717, 1.165) is 16.7 Å². The van der Waals surface area contributed by atoms with Crippen LogP contribution in [0.4, 0.5) is 5.82 Å². The van der Waals surface area contributed by atoms with Crippen molar-refractivity contribution in [1.29, 1.82) is 0 Å². The molecule has 0 bridgehead atoms. The number of aryl methyl sites for hydroxylation is 1. The predicted octanol–water partition coefficient (Wildman–Crippen LogP) is 3.22. The molecule has 0 saturated heterocycles. The Balaban J connectivity index is 1.82. The van der Waals surface area contributed by atoms with Crippen LogP contribution in [0.2, 0.25) is 0 Å². The Kier molecular flexibility index (Phi) is 5.64. The van der Waals surface area contributed by atoms with Crippen LogP contribution in [-0.2, 0) is 12.1 Å². The molecule has 5 N–H and O–H groups in total. The highest BCUT2D eigenvalue weighted by Crippen LogP contribution is 2.30. The summed E-state index contributed by atoms with van der Waals surface area (Å²) < 4.78 is 1.61. The summed E-state index contributed by atoms with van der Waals surface area (Å²) in [6.07, 6.45) is 0. The van der Waals surface area contributed by atoms with Gasteiger partial charge in [0.15, 0.2) is 0 Å². The van der Waals surface area contributed by atoms with Crippen LogP contribution in [0.5, 0.6) is 0 Å². The van der Waals surface area contributed by atoms with Gasteiger partial charge in [0.25, 0.3) is 11.8 Å². The molecule has 1 aromatic heterocycles. The van der Waals surface area contributed by atoms with Crippen LogP contribution in [0.1, 0.15) is 52.6 Å². The second kappa shape index (κ2) is 8.02. The molecule has 7 nitrogen and oxygen atoms in total. The van der Waals surface area contributed by atoms with Crippen LogP contribution in [0.3, 0.4) is 0 Å². The maximum atomic E-state index is 12.4. The van der Waals surface area contributed by atoms with E-state index in [9.17, 15) is 9.59 Å². The van der Waals surface area contributed by atoms with Gasteiger partial charge in [-0.2, -0.15) is 5.10 Å². The van der Waals surface area contributed by atoms with Crippen molar-refractivity contribution >= 4 is 17.6 Å². The number of carbonyl (C=O) groups excluding carboxylic acids is 2. The molecule has 2 aromatic carbocycles. The zero-order valence-corrected chi connectivity index (χ0v) is 17.7. The molecule has 1 heterocycles. The first-order valence-corrected chi connectivity index (χ1v) is 9.71. The smallest absolute Gasteiger partial charge is 0.254 e. The van der Waals surface area contributed by atoms with Crippen molar-refractivity contribution in [3.05, 3.63) is 70.8 Å². The Hall–Kier alpha value is -3.61. The molecule has 0 aliphatic rings. The second-order valence-electron chi connectivity index (χ2n) is 8.25. The van der Waals surface area contributed by atoms with Crippen molar-refractivity contribution in [1.82, 2.24) is 15.1 Å². The SMILES string of the molecule is Cc1ccccc1C(=O)NCc1ccc(-c2nn(C(C)(C)C)c(N)c2C(N)=O)cc1. The maximum Gasteiger partial charge on any atom is 0.254 e. The molecule has 0 fully saturated rings. The molecule has 0 aliphatic carbocycles. The molecule has 0 unspecified atom stereocenters. The predicted molar refractivity (Wildman–Crippen MR) is 118 cm³/mol. The van der Waals surface area contributed by atoms with Gasteiger partial charge in [0.05, 0.1) is 5.54 Å². The highest BCUT2D eigenvalue weighted by molar-refractivity contribution is 6.03. The minimum Gasteiger partial charge on any atom is -0.383 e. The number of nitrogens with zero attached hydrogens (tertiary/aromatic N) is 2. The van der Waals surface area contributed by atoms with Gasteiger partial charge in [0, 0.05) is 17.7 Å². The summed E-state index contributed by atoms with van der Waals surface area (Å²) in [5.41, 5.74) is 15.2. The normalized spacial score (nSPS) is 11.3. The summed E-state index contributed by atoms with van der Waals surface area (Å²) in [4.78, 5) is 24.4. The first kappa shape index (κ1) is 21.1. The topological polar surface area (TPSA) is 116 Å². The van der Waals surface area contributed by atoms with E-state index < -0.39 is 11.4 Å². The van der Waals surface area contributed by atoms with Gasteiger partial charge in [0.2, 0.25) is 0 Å². The standard InChI is InChI=1S/C23H27N5O2/c1-14-7-5-6-8-17(14)22(30)26-13-15-9-11-16(12-10-15)19-18(21(25)29)20(24)28(27-19)23(2,3)4/h5-12H,13,24H2,1-4H3,(H2,25,29)(H,26,30). The van der Waals surface area contributed by atoms with E-state index in [1.165, 1.54) is 0 Å². The molecule has 3 rings (SSSR count). The number of hydrogen-bond donors (Lipinski definition) is 3. The fourth-order valence-corrected chi connectivity index (χ4v) is 3.27. The van der Waals surface area contributed by atoms with Crippen molar-refractivity contribution in [2.24, 2.45) is 5.73 Å². The average Bonchev–Trinajstić information content (AvgIpc) is 3.04. The molecule has 30 heavy (non-hydrogen) atoms. The van der Waals surface area contributed by atoms with E-state index in [4.69, 9.17) is 11.5 Å². The Morgan fingerprint density at radius 1 is 1.07 bits per heavy atom. The molecule has 7 heteroatoms. The molecule has 0 radical (unpaired) electrons. The second-order valence-corrected chi connectivity index (χ2v) is 8.25.